The molecule has 24 heavy (non-hydrogen) atoms. The summed E-state index contributed by atoms with van der Waals surface area (Å²) in [5, 5.41) is 13.2. The first-order chi connectivity index (χ1) is 11.4. The lowest BCUT2D eigenvalue weighted by molar-refractivity contribution is -0.137. The topological polar surface area (TPSA) is 75.4 Å². The molecule has 0 bridgehead atoms. The fraction of sp³-hybridized carbons (Fsp3) is 0.389. The average molecular weight is 329 g/mol. The predicted octanol–water partition coefficient (Wildman–Crippen LogP) is 2.57. The van der Waals surface area contributed by atoms with Crippen LogP contribution < -0.4 is 0 Å². The minimum Gasteiger partial charge on any atom is -0.481 e. The molecule has 2 aromatic rings. The molecule has 0 unspecified atom stereocenters. The van der Waals surface area contributed by atoms with Crippen molar-refractivity contribution in [3.8, 4) is 0 Å². The van der Waals surface area contributed by atoms with Gasteiger partial charge in [-0.05, 0) is 26.3 Å². The van der Waals surface area contributed by atoms with Crippen LogP contribution in [0.2, 0.25) is 0 Å². The van der Waals surface area contributed by atoms with Crippen molar-refractivity contribution in [3.63, 3.8) is 0 Å². The molecule has 0 aliphatic rings. The minimum absolute atomic E-state index is 0.0683. The highest BCUT2D eigenvalue weighted by Gasteiger charge is 2.23. The molecule has 6 nitrogen and oxygen atoms in total. The second kappa shape index (κ2) is 7.77. The fourth-order valence-electron chi connectivity index (χ4n) is 2.54. The van der Waals surface area contributed by atoms with Gasteiger partial charge in [-0.1, -0.05) is 30.3 Å². The van der Waals surface area contributed by atoms with Crippen LogP contribution in [-0.2, 0) is 11.3 Å². The van der Waals surface area contributed by atoms with E-state index in [1.165, 1.54) is 0 Å². The Kier molecular flexibility index (Phi) is 5.73. The Morgan fingerprint density at radius 3 is 2.50 bits per heavy atom. The van der Waals surface area contributed by atoms with E-state index >= 15 is 0 Å². The van der Waals surface area contributed by atoms with Gasteiger partial charge in [-0.3, -0.25) is 14.3 Å². The number of carbonyl (C=O) groups excluding carboxylic acids is 1. The lowest BCUT2D eigenvalue weighted by atomic mass is 10.1. The highest BCUT2D eigenvalue weighted by atomic mass is 16.4. The summed E-state index contributed by atoms with van der Waals surface area (Å²) in [7, 11) is 0. The fourth-order valence-corrected chi connectivity index (χ4v) is 2.54. The highest BCUT2D eigenvalue weighted by Crippen LogP contribution is 2.15. The number of hydrogen-bond donors (Lipinski definition) is 1. The maximum absolute atomic E-state index is 12.8. The van der Waals surface area contributed by atoms with Crippen LogP contribution in [0, 0.1) is 6.92 Å². The second-order valence-electron chi connectivity index (χ2n) is 6.02. The Hall–Kier alpha value is -2.63. The van der Waals surface area contributed by atoms with Crippen LogP contribution in [0.25, 0.3) is 0 Å². The number of aromatic nitrogens is 2. The maximum atomic E-state index is 12.8. The molecule has 0 atom stereocenters. The predicted molar refractivity (Wildman–Crippen MR) is 90.9 cm³/mol. The van der Waals surface area contributed by atoms with Crippen molar-refractivity contribution in [2.45, 2.75) is 39.8 Å². The van der Waals surface area contributed by atoms with Crippen LogP contribution in [0.1, 0.15) is 41.9 Å². The molecule has 0 spiro atoms. The van der Waals surface area contributed by atoms with Gasteiger partial charge in [-0.15, -0.1) is 0 Å². The Balaban J connectivity index is 2.18. The van der Waals surface area contributed by atoms with E-state index in [1.54, 1.807) is 15.8 Å². The van der Waals surface area contributed by atoms with E-state index in [2.05, 4.69) is 5.10 Å². The molecule has 1 N–H and O–H groups in total. The lowest BCUT2D eigenvalue weighted by Gasteiger charge is -2.26. The normalized spacial score (nSPS) is 10.8. The van der Waals surface area contributed by atoms with Gasteiger partial charge in [0.25, 0.3) is 5.91 Å². The zero-order valence-corrected chi connectivity index (χ0v) is 14.3. The van der Waals surface area contributed by atoms with E-state index in [-0.39, 0.29) is 24.9 Å². The van der Waals surface area contributed by atoms with Crippen LogP contribution in [-0.4, -0.2) is 44.3 Å². The zero-order valence-electron chi connectivity index (χ0n) is 14.3. The van der Waals surface area contributed by atoms with Gasteiger partial charge >= 0.3 is 5.97 Å². The number of aliphatic carboxylic acids is 1. The van der Waals surface area contributed by atoms with E-state index < -0.39 is 5.97 Å². The summed E-state index contributed by atoms with van der Waals surface area (Å²) in [6.45, 7) is 6.40. The Bertz CT molecular complexity index is 708. The van der Waals surface area contributed by atoms with Crippen molar-refractivity contribution < 1.29 is 14.7 Å². The Morgan fingerprint density at radius 1 is 1.25 bits per heavy atom. The van der Waals surface area contributed by atoms with E-state index in [4.69, 9.17) is 5.11 Å². The van der Waals surface area contributed by atoms with Crippen LogP contribution in [0.3, 0.4) is 0 Å². The van der Waals surface area contributed by atoms with E-state index in [1.807, 2.05) is 51.1 Å². The van der Waals surface area contributed by atoms with Crippen LogP contribution in [0.15, 0.2) is 36.5 Å². The molecule has 1 amide bonds. The van der Waals surface area contributed by atoms with Gasteiger partial charge in [0.15, 0.2) is 0 Å². The van der Waals surface area contributed by atoms with Crippen molar-refractivity contribution in [2.75, 3.05) is 6.54 Å². The van der Waals surface area contributed by atoms with Crippen molar-refractivity contribution in [3.05, 3.63) is 53.3 Å². The average Bonchev–Trinajstić information content (AvgIpc) is 2.88. The maximum Gasteiger partial charge on any atom is 0.305 e. The quantitative estimate of drug-likeness (QED) is 0.847. The Labute approximate surface area is 141 Å². The van der Waals surface area contributed by atoms with Gasteiger partial charge in [-0.25, -0.2) is 0 Å². The number of carbonyl (C=O) groups is 2. The van der Waals surface area contributed by atoms with Crippen molar-refractivity contribution in [1.82, 2.24) is 14.7 Å². The van der Waals surface area contributed by atoms with E-state index in [0.717, 1.165) is 11.3 Å². The van der Waals surface area contributed by atoms with E-state index in [0.29, 0.717) is 12.1 Å². The van der Waals surface area contributed by atoms with Crippen molar-refractivity contribution in [1.29, 1.82) is 0 Å². The molecule has 1 heterocycles. The van der Waals surface area contributed by atoms with Gasteiger partial charge in [0.1, 0.15) is 0 Å². The Morgan fingerprint density at radius 2 is 1.92 bits per heavy atom. The molecule has 0 aliphatic carbocycles. The summed E-state index contributed by atoms with van der Waals surface area (Å²) in [4.78, 5) is 25.1. The van der Waals surface area contributed by atoms with Gasteiger partial charge in [0, 0.05) is 18.3 Å². The number of hydrogen-bond acceptors (Lipinski definition) is 3. The van der Waals surface area contributed by atoms with Crippen LogP contribution in [0.4, 0.5) is 0 Å². The molecule has 128 valence electrons. The molecule has 0 saturated carbocycles. The van der Waals surface area contributed by atoms with E-state index in [9.17, 15) is 9.59 Å². The smallest absolute Gasteiger partial charge is 0.305 e. The summed E-state index contributed by atoms with van der Waals surface area (Å²) in [6.07, 6.45) is 1.50. The lowest BCUT2D eigenvalue weighted by Crippen LogP contribution is -2.38. The summed E-state index contributed by atoms with van der Waals surface area (Å²) < 4.78 is 1.79. The number of benzene rings is 1. The third-order valence-corrected chi connectivity index (χ3v) is 3.96. The monoisotopic (exact) mass is 329 g/mol. The molecular formula is C18H23N3O3. The third-order valence-electron chi connectivity index (χ3n) is 3.96. The molecule has 1 aromatic heterocycles. The highest BCUT2D eigenvalue weighted by molar-refractivity contribution is 5.95. The first kappa shape index (κ1) is 17.7. The largest absolute Gasteiger partial charge is 0.481 e. The van der Waals surface area contributed by atoms with Crippen LogP contribution >= 0.6 is 0 Å². The van der Waals surface area contributed by atoms with Gasteiger partial charge < -0.3 is 10.0 Å². The number of rotatable bonds is 7. The first-order valence-electron chi connectivity index (χ1n) is 7.99. The molecule has 0 radical (unpaired) electrons. The molecule has 0 saturated heterocycles. The molecular weight excluding hydrogens is 306 g/mol. The number of amides is 1. The number of nitrogens with zero attached hydrogens (tertiary/aromatic N) is 3. The molecule has 6 heteroatoms. The number of carboxylic acids is 1. The van der Waals surface area contributed by atoms with Gasteiger partial charge in [0.2, 0.25) is 0 Å². The third kappa shape index (κ3) is 4.22. The first-order valence-corrected chi connectivity index (χ1v) is 7.99. The zero-order chi connectivity index (χ0) is 17.7. The number of carboxylic acid groups (broad SMARTS) is 1. The SMILES string of the molecule is Cc1c(C(=O)N(CCC(=O)O)C(C)C)cnn1Cc1ccccc1. The summed E-state index contributed by atoms with van der Waals surface area (Å²) in [5.74, 6) is -1.09. The summed E-state index contributed by atoms with van der Waals surface area (Å²) in [6, 6.07) is 9.83. The second-order valence-corrected chi connectivity index (χ2v) is 6.02. The summed E-state index contributed by atoms with van der Waals surface area (Å²) >= 11 is 0. The molecule has 0 aliphatic heterocycles. The molecule has 1 aromatic carbocycles. The molecule has 0 fully saturated rings. The van der Waals surface area contributed by atoms with Gasteiger partial charge in [0.05, 0.1) is 24.7 Å². The van der Waals surface area contributed by atoms with Gasteiger partial charge in [-0.2, -0.15) is 5.10 Å². The molecule has 2 rings (SSSR count). The minimum atomic E-state index is -0.912. The summed E-state index contributed by atoms with van der Waals surface area (Å²) in [5.41, 5.74) is 2.41. The van der Waals surface area contributed by atoms with Crippen LogP contribution in [0.5, 0.6) is 0 Å². The van der Waals surface area contributed by atoms with Crippen molar-refractivity contribution in [2.24, 2.45) is 0 Å². The van der Waals surface area contributed by atoms with Crippen molar-refractivity contribution >= 4 is 11.9 Å². The standard InChI is InChI=1S/C18H23N3O3/c1-13(2)20(10-9-17(22)23)18(24)16-11-19-21(14(16)3)12-15-7-5-4-6-8-15/h4-8,11,13H,9-10,12H2,1-3H3,(H,22,23).